The van der Waals surface area contributed by atoms with E-state index >= 15 is 0 Å². The zero-order chi connectivity index (χ0) is 11.3. The molecule has 78 valence electrons. The van der Waals surface area contributed by atoms with Gasteiger partial charge >= 0.3 is 11.9 Å². The van der Waals surface area contributed by atoms with E-state index in [2.05, 4.69) is 6.58 Å². The number of hydrogen-bond donors (Lipinski definition) is 4. The number of rotatable bonds is 5. The van der Waals surface area contributed by atoms with Crippen LogP contribution in [0.4, 0.5) is 0 Å². The summed E-state index contributed by atoms with van der Waals surface area (Å²) in [5.41, 5.74) is 3.87. The molecule has 14 heavy (non-hydrogen) atoms. The molecule has 0 saturated heterocycles. The molecule has 0 spiro atoms. The van der Waals surface area contributed by atoms with Crippen LogP contribution in [-0.4, -0.2) is 34.1 Å². The molecule has 4 N–H and O–H groups in total. The van der Waals surface area contributed by atoms with Crippen molar-refractivity contribution in [3.63, 3.8) is 0 Å². The summed E-state index contributed by atoms with van der Waals surface area (Å²) in [7, 11) is 0. The third kappa shape index (κ3) is 3.68. The summed E-state index contributed by atoms with van der Waals surface area (Å²) in [5.74, 6) is -3.86. The molecule has 0 bridgehead atoms. The van der Waals surface area contributed by atoms with E-state index in [4.69, 9.17) is 10.2 Å². The maximum Gasteiger partial charge on any atom is 0.334 e. The van der Waals surface area contributed by atoms with Crippen molar-refractivity contribution in [3.8, 4) is 0 Å². The monoisotopic (exact) mass is 202 g/mol. The molecule has 0 fully saturated rings. The highest BCUT2D eigenvalue weighted by Crippen LogP contribution is 1.86. The smallest absolute Gasteiger partial charge is 0.334 e. The van der Waals surface area contributed by atoms with Gasteiger partial charge in [0.15, 0.2) is 0 Å². The van der Waals surface area contributed by atoms with Gasteiger partial charge in [-0.15, -0.1) is 0 Å². The van der Waals surface area contributed by atoms with Crippen LogP contribution in [0.15, 0.2) is 12.2 Å². The summed E-state index contributed by atoms with van der Waals surface area (Å²) < 4.78 is 0. The quantitative estimate of drug-likeness (QED) is 0.251. The van der Waals surface area contributed by atoms with Crippen LogP contribution in [0, 0.1) is 0 Å². The molecule has 0 aromatic carbocycles. The zero-order valence-corrected chi connectivity index (χ0v) is 7.40. The maximum atomic E-state index is 10.8. The first-order valence-electron chi connectivity index (χ1n) is 3.53. The standard InChI is InChI=1S/C7H10N2O5/c1-3(2)5(10)9-8-4(6(11)12)7(13)14/h4,8H,1H2,2H3,(H,9,10)(H,11,12)(H,13,14). The topological polar surface area (TPSA) is 116 Å². The van der Waals surface area contributed by atoms with Gasteiger partial charge in [0.05, 0.1) is 0 Å². The van der Waals surface area contributed by atoms with Gasteiger partial charge in [0.25, 0.3) is 5.91 Å². The Bertz CT molecular complexity index is 272. The van der Waals surface area contributed by atoms with Crippen molar-refractivity contribution in [2.24, 2.45) is 0 Å². The number of carbonyl (C=O) groups excluding carboxylic acids is 1. The Kier molecular flexibility index (Phi) is 4.30. The average molecular weight is 202 g/mol. The van der Waals surface area contributed by atoms with Gasteiger partial charge in [0, 0.05) is 5.57 Å². The predicted molar refractivity (Wildman–Crippen MR) is 45.2 cm³/mol. The number of nitrogens with one attached hydrogen (secondary N) is 2. The summed E-state index contributed by atoms with van der Waals surface area (Å²) >= 11 is 0. The number of carboxylic acid groups (broad SMARTS) is 2. The van der Waals surface area contributed by atoms with E-state index in [-0.39, 0.29) is 5.57 Å². The number of hydrogen-bond acceptors (Lipinski definition) is 4. The lowest BCUT2D eigenvalue weighted by molar-refractivity contribution is -0.151. The van der Waals surface area contributed by atoms with Gasteiger partial charge in [-0.05, 0) is 6.92 Å². The summed E-state index contributed by atoms with van der Waals surface area (Å²) in [5, 5.41) is 16.8. The Morgan fingerprint density at radius 1 is 1.21 bits per heavy atom. The van der Waals surface area contributed by atoms with Crippen molar-refractivity contribution < 1.29 is 24.6 Å². The van der Waals surface area contributed by atoms with Crippen LogP contribution in [0.1, 0.15) is 6.92 Å². The van der Waals surface area contributed by atoms with Crippen molar-refractivity contribution in [2.75, 3.05) is 0 Å². The van der Waals surface area contributed by atoms with E-state index in [1.807, 2.05) is 10.9 Å². The first-order chi connectivity index (χ1) is 6.36. The lowest BCUT2D eigenvalue weighted by Crippen LogP contribution is -2.52. The molecule has 0 aliphatic rings. The van der Waals surface area contributed by atoms with Crippen LogP contribution in [0.2, 0.25) is 0 Å². The molecule has 0 unspecified atom stereocenters. The molecule has 0 aliphatic carbocycles. The highest BCUT2D eigenvalue weighted by Gasteiger charge is 2.25. The number of aliphatic carboxylic acids is 2. The lowest BCUT2D eigenvalue weighted by Gasteiger charge is -2.10. The van der Waals surface area contributed by atoms with E-state index in [1.54, 1.807) is 0 Å². The molecule has 0 saturated carbocycles. The number of carboxylic acids is 2. The molecule has 1 amide bonds. The van der Waals surface area contributed by atoms with Crippen LogP contribution in [-0.2, 0) is 14.4 Å². The van der Waals surface area contributed by atoms with Gasteiger partial charge in [0.2, 0.25) is 6.04 Å². The van der Waals surface area contributed by atoms with Crippen molar-refractivity contribution in [2.45, 2.75) is 13.0 Å². The number of amides is 1. The Labute approximate surface area is 79.4 Å². The second-order valence-corrected chi connectivity index (χ2v) is 2.49. The third-order valence-corrected chi connectivity index (χ3v) is 1.21. The molecule has 0 rings (SSSR count). The van der Waals surface area contributed by atoms with Crippen LogP contribution in [0.5, 0.6) is 0 Å². The fourth-order valence-electron chi connectivity index (χ4n) is 0.474. The van der Waals surface area contributed by atoms with Crippen molar-refractivity contribution in [1.29, 1.82) is 0 Å². The summed E-state index contributed by atoms with van der Waals surface area (Å²) in [6.45, 7) is 4.67. The van der Waals surface area contributed by atoms with Crippen LogP contribution in [0.3, 0.4) is 0 Å². The first-order valence-corrected chi connectivity index (χ1v) is 3.53. The largest absolute Gasteiger partial charge is 0.480 e. The maximum absolute atomic E-state index is 10.8. The average Bonchev–Trinajstić information content (AvgIpc) is 2.02. The Hall–Kier alpha value is -1.89. The molecular weight excluding hydrogens is 192 g/mol. The van der Waals surface area contributed by atoms with Gasteiger partial charge < -0.3 is 10.2 Å². The second kappa shape index (κ2) is 4.97. The highest BCUT2D eigenvalue weighted by atomic mass is 16.4. The van der Waals surface area contributed by atoms with Crippen molar-refractivity contribution >= 4 is 17.8 Å². The van der Waals surface area contributed by atoms with E-state index in [0.717, 1.165) is 0 Å². The molecule has 0 aliphatic heterocycles. The predicted octanol–water partition coefficient (Wildman–Crippen LogP) is -1.28. The molecule has 7 nitrogen and oxygen atoms in total. The molecule has 7 heteroatoms. The van der Waals surface area contributed by atoms with Gasteiger partial charge in [-0.3, -0.25) is 10.2 Å². The van der Waals surface area contributed by atoms with Crippen LogP contribution in [0.25, 0.3) is 0 Å². The summed E-state index contributed by atoms with van der Waals surface area (Å²) in [6.07, 6.45) is 0. The molecule has 0 atom stereocenters. The number of carbonyl (C=O) groups is 3. The zero-order valence-electron chi connectivity index (χ0n) is 7.40. The summed E-state index contributed by atoms with van der Waals surface area (Å²) in [4.78, 5) is 31.4. The van der Waals surface area contributed by atoms with Crippen LogP contribution < -0.4 is 10.9 Å². The molecular formula is C7H10N2O5. The fraction of sp³-hybridized carbons (Fsp3) is 0.286. The molecule has 0 aromatic rings. The lowest BCUT2D eigenvalue weighted by atomic mass is 10.3. The van der Waals surface area contributed by atoms with Gasteiger partial charge in [-0.2, -0.15) is 0 Å². The van der Waals surface area contributed by atoms with Gasteiger partial charge in [-0.1, -0.05) is 6.58 Å². The normalized spacial score (nSPS) is 9.57. The van der Waals surface area contributed by atoms with E-state index in [9.17, 15) is 14.4 Å². The van der Waals surface area contributed by atoms with E-state index in [1.165, 1.54) is 6.92 Å². The van der Waals surface area contributed by atoms with Gasteiger partial charge in [0.1, 0.15) is 0 Å². The van der Waals surface area contributed by atoms with E-state index < -0.39 is 23.9 Å². The highest BCUT2D eigenvalue weighted by molar-refractivity contribution is 5.98. The van der Waals surface area contributed by atoms with Crippen molar-refractivity contribution in [3.05, 3.63) is 12.2 Å². The molecule has 0 aromatic heterocycles. The Balaban J connectivity index is 4.21. The van der Waals surface area contributed by atoms with Crippen LogP contribution >= 0.6 is 0 Å². The van der Waals surface area contributed by atoms with E-state index in [0.29, 0.717) is 0 Å². The minimum absolute atomic E-state index is 0.132. The molecule has 0 radical (unpaired) electrons. The Morgan fingerprint density at radius 3 is 1.93 bits per heavy atom. The SMILES string of the molecule is C=C(C)C(=O)NNC(C(=O)O)C(=O)O. The third-order valence-electron chi connectivity index (χ3n) is 1.21. The first kappa shape index (κ1) is 12.1. The van der Waals surface area contributed by atoms with Crippen molar-refractivity contribution in [1.82, 2.24) is 10.9 Å². The second-order valence-electron chi connectivity index (χ2n) is 2.49. The molecule has 0 heterocycles. The number of hydrazine groups is 1. The van der Waals surface area contributed by atoms with Gasteiger partial charge in [-0.25, -0.2) is 15.0 Å². The minimum atomic E-state index is -1.88. The summed E-state index contributed by atoms with van der Waals surface area (Å²) in [6, 6.07) is -1.88. The Morgan fingerprint density at radius 2 is 1.64 bits per heavy atom. The fourth-order valence-corrected chi connectivity index (χ4v) is 0.474. The minimum Gasteiger partial charge on any atom is -0.480 e.